The van der Waals surface area contributed by atoms with Gasteiger partial charge in [0, 0.05) is 0 Å². The van der Waals surface area contributed by atoms with Crippen LogP contribution in [0.2, 0.25) is 0 Å². The molecule has 1 aromatic rings. The van der Waals surface area contributed by atoms with Crippen molar-refractivity contribution in [2.24, 2.45) is 0 Å². The van der Waals surface area contributed by atoms with Gasteiger partial charge in [0.2, 0.25) is 0 Å². The van der Waals surface area contributed by atoms with Crippen molar-refractivity contribution >= 4 is 0 Å². The Morgan fingerprint density at radius 3 is 2.06 bits per heavy atom. The quantitative estimate of drug-likeness (QED) is 0.385. The topological polar surface area (TPSA) is 9.23 Å². The van der Waals surface area contributed by atoms with Gasteiger partial charge in [0.15, 0.2) is 0 Å². The molecular weight excluding hydrogens is 326 g/mol. The molecule has 0 saturated carbocycles. The normalized spacial score (nSPS) is 9.39. The van der Waals surface area contributed by atoms with Crippen molar-refractivity contribution in [2.75, 3.05) is 6.61 Å². The molecule has 0 spiro atoms. The molecule has 0 saturated heterocycles. The first-order valence-corrected chi connectivity index (χ1v) is 4.62. The van der Waals surface area contributed by atoms with E-state index in [9.17, 15) is 0 Å². The maximum absolute atomic E-state index is 5.09. The standard InChI is InChI=1S/C8H9O.C5H5.3ClH.Ti/c1-2-9-8-6-4-3-5-7-8;1-2-4-5-3-1;;;;/h3-7H,1-2H2;1-3H,4H2;3*1H;/q2*-1;;;;+3/p-3. The minimum absolute atomic E-state index is 0. The van der Waals surface area contributed by atoms with E-state index in [2.05, 4.69) is 19.1 Å². The first-order chi connectivity index (χ1) is 6.93. The van der Waals surface area contributed by atoms with Crippen molar-refractivity contribution in [3.8, 4) is 5.75 Å². The molecule has 0 aliphatic heterocycles. The number of para-hydroxylation sites is 1. The van der Waals surface area contributed by atoms with Crippen LogP contribution in [0.5, 0.6) is 5.75 Å². The largest absolute Gasteiger partial charge is 3.00 e. The van der Waals surface area contributed by atoms with Crippen molar-refractivity contribution in [1.82, 2.24) is 0 Å². The molecule has 0 heterocycles. The molecule has 5 heteroatoms. The minimum atomic E-state index is 0. The van der Waals surface area contributed by atoms with Crippen molar-refractivity contribution in [3.05, 3.63) is 61.6 Å². The molecule has 0 atom stereocenters. The molecule has 0 fully saturated rings. The van der Waals surface area contributed by atoms with Crippen LogP contribution in [-0.4, -0.2) is 6.61 Å². The van der Waals surface area contributed by atoms with Gasteiger partial charge in [0.25, 0.3) is 0 Å². The Kier molecular flexibility index (Phi) is 28.7. The summed E-state index contributed by atoms with van der Waals surface area (Å²) in [5.41, 5.74) is 0. The molecule has 1 nitrogen and oxygen atoms in total. The summed E-state index contributed by atoms with van der Waals surface area (Å²) >= 11 is 0. The van der Waals surface area contributed by atoms with Crippen LogP contribution < -0.4 is 42.0 Å². The zero-order valence-corrected chi connectivity index (χ0v) is 13.6. The van der Waals surface area contributed by atoms with Crippen molar-refractivity contribution in [3.63, 3.8) is 0 Å². The zero-order valence-electron chi connectivity index (χ0n) is 9.78. The van der Waals surface area contributed by atoms with E-state index in [-0.39, 0.29) is 58.9 Å². The van der Waals surface area contributed by atoms with E-state index in [1.54, 1.807) is 0 Å². The van der Waals surface area contributed by atoms with Gasteiger partial charge in [-0.05, 0) is 18.7 Å². The fraction of sp³-hybridized carbons (Fsp3) is 0.154. The summed E-state index contributed by atoms with van der Waals surface area (Å²) in [5.74, 6) is 0.882. The van der Waals surface area contributed by atoms with Crippen molar-refractivity contribution in [1.29, 1.82) is 0 Å². The molecule has 99 valence electrons. The van der Waals surface area contributed by atoms with Crippen LogP contribution in [0.15, 0.2) is 48.6 Å². The molecule has 0 bridgehead atoms. The maximum atomic E-state index is 5.09. The number of hydrogen-bond acceptors (Lipinski definition) is 1. The molecule has 2 rings (SSSR count). The third-order valence-corrected chi connectivity index (χ3v) is 1.60. The van der Waals surface area contributed by atoms with Crippen LogP contribution in [0.25, 0.3) is 0 Å². The average molecular weight is 340 g/mol. The predicted molar refractivity (Wildman–Crippen MR) is 58.9 cm³/mol. The summed E-state index contributed by atoms with van der Waals surface area (Å²) in [6.07, 6.45) is 10.0. The van der Waals surface area contributed by atoms with Crippen molar-refractivity contribution < 1.29 is 63.7 Å². The Balaban J connectivity index is -0.0000000969. The van der Waals surface area contributed by atoms with E-state index in [1.807, 2.05) is 42.5 Å². The average Bonchev–Trinajstić information content (AvgIpc) is 2.78. The second-order valence-corrected chi connectivity index (χ2v) is 2.66. The van der Waals surface area contributed by atoms with Gasteiger partial charge in [-0.1, -0.05) is 18.2 Å². The van der Waals surface area contributed by atoms with Crippen LogP contribution in [0.4, 0.5) is 0 Å². The van der Waals surface area contributed by atoms with Crippen molar-refractivity contribution in [2.45, 2.75) is 6.42 Å². The second kappa shape index (κ2) is 19.4. The summed E-state index contributed by atoms with van der Waals surface area (Å²) in [6, 6.07) is 9.64. The van der Waals surface area contributed by atoms with Crippen LogP contribution in [0, 0.1) is 13.0 Å². The third-order valence-electron chi connectivity index (χ3n) is 1.60. The molecule has 0 amide bonds. The van der Waals surface area contributed by atoms with Gasteiger partial charge in [0.05, 0.1) is 0 Å². The summed E-state index contributed by atoms with van der Waals surface area (Å²) in [5, 5.41) is 0. The Morgan fingerprint density at radius 2 is 1.72 bits per heavy atom. The Hall–Kier alpha value is 0.0843. The van der Waals surface area contributed by atoms with E-state index in [4.69, 9.17) is 4.74 Å². The van der Waals surface area contributed by atoms with E-state index in [0.29, 0.717) is 6.61 Å². The van der Waals surface area contributed by atoms with E-state index in [1.165, 1.54) is 0 Å². The van der Waals surface area contributed by atoms with Crippen LogP contribution in [0.1, 0.15) is 6.42 Å². The summed E-state index contributed by atoms with van der Waals surface area (Å²) in [7, 11) is 0. The SMILES string of the molecule is [C-]1=CC=CC1.[CH2-]COc1ccccc1.[Cl-].[Cl-].[Cl-].[Ti+3]. The smallest absolute Gasteiger partial charge is 1.00 e. The predicted octanol–water partition coefficient (Wildman–Crippen LogP) is -5.79. The number of benzene rings is 1. The molecule has 0 N–H and O–H groups in total. The monoisotopic (exact) mass is 339 g/mol. The fourth-order valence-electron chi connectivity index (χ4n) is 0.975. The van der Waals surface area contributed by atoms with E-state index < -0.39 is 0 Å². The molecule has 0 aromatic heterocycles. The summed E-state index contributed by atoms with van der Waals surface area (Å²) in [6.45, 7) is 4.05. The summed E-state index contributed by atoms with van der Waals surface area (Å²) < 4.78 is 5.09. The Morgan fingerprint density at radius 1 is 1.11 bits per heavy atom. The van der Waals surface area contributed by atoms with Crippen LogP contribution >= 0.6 is 0 Å². The minimum Gasteiger partial charge on any atom is -1.00 e. The zero-order chi connectivity index (χ0) is 10.1. The fourth-order valence-corrected chi connectivity index (χ4v) is 0.975. The molecule has 1 radical (unpaired) electrons. The first kappa shape index (κ1) is 26.6. The number of rotatable bonds is 2. The molecule has 1 aliphatic carbocycles. The number of ether oxygens (including phenoxy) is 1. The number of halogens is 3. The van der Waals surface area contributed by atoms with E-state index >= 15 is 0 Å². The first-order valence-electron chi connectivity index (χ1n) is 4.62. The maximum Gasteiger partial charge on any atom is 3.00 e. The van der Waals surface area contributed by atoms with Crippen LogP contribution in [0.3, 0.4) is 0 Å². The van der Waals surface area contributed by atoms with Gasteiger partial charge in [-0.3, -0.25) is 6.08 Å². The Bertz CT molecular complexity index is 292. The Labute approximate surface area is 143 Å². The van der Waals surface area contributed by atoms with Crippen LogP contribution in [-0.2, 0) is 21.7 Å². The van der Waals surface area contributed by atoms with E-state index in [0.717, 1.165) is 12.2 Å². The van der Waals surface area contributed by atoms with Gasteiger partial charge in [0.1, 0.15) is 5.75 Å². The van der Waals surface area contributed by atoms with Gasteiger partial charge in [-0.25, -0.2) is 12.2 Å². The van der Waals surface area contributed by atoms with Gasteiger partial charge < -0.3 is 48.9 Å². The molecule has 1 aliphatic rings. The molecule has 1 aromatic carbocycles. The molecule has 0 unspecified atom stereocenters. The number of allylic oxidation sites excluding steroid dienone is 4. The molecule has 18 heavy (non-hydrogen) atoms. The van der Waals surface area contributed by atoms with Gasteiger partial charge in [-0.15, -0.1) is 6.42 Å². The third kappa shape index (κ3) is 14.1. The second-order valence-electron chi connectivity index (χ2n) is 2.66. The van der Waals surface area contributed by atoms with Gasteiger partial charge in [-0.2, -0.15) is 6.08 Å². The summed E-state index contributed by atoms with van der Waals surface area (Å²) in [4.78, 5) is 0. The van der Waals surface area contributed by atoms with Gasteiger partial charge >= 0.3 is 21.7 Å². The number of hydrogen-bond donors (Lipinski definition) is 0. The molecular formula is C13H14Cl3OTi-2.